The van der Waals surface area contributed by atoms with E-state index >= 15 is 0 Å². The molecular weight excluding hydrogens is 248 g/mol. The largest absolute Gasteiger partial charge is 0.396 e. The Morgan fingerprint density at radius 1 is 1.33 bits per heavy atom. The maximum absolute atomic E-state index is 8.85. The van der Waals surface area contributed by atoms with Gasteiger partial charge in [0.05, 0.1) is 0 Å². The van der Waals surface area contributed by atoms with E-state index in [2.05, 4.69) is 14.8 Å². The minimum Gasteiger partial charge on any atom is -0.396 e. The molecule has 1 heterocycles. The Balaban J connectivity index is 1.67. The van der Waals surface area contributed by atoms with E-state index in [1.165, 1.54) is 31.5 Å². The molecule has 0 amide bonds. The van der Waals surface area contributed by atoms with Gasteiger partial charge in [0.15, 0.2) is 5.16 Å². The molecule has 0 aromatic carbocycles. The Hall–Kier alpha value is -0.590. The molecular formula is C12H20N4OS. The third kappa shape index (κ3) is 2.70. The van der Waals surface area contributed by atoms with E-state index in [1.54, 1.807) is 11.8 Å². The highest BCUT2D eigenvalue weighted by Gasteiger charge is 2.36. The van der Waals surface area contributed by atoms with Crippen LogP contribution < -0.4 is 5.73 Å². The number of rotatable bonds is 7. The number of aliphatic hydroxyl groups excluding tert-OH is 1. The van der Waals surface area contributed by atoms with Crippen molar-refractivity contribution in [2.75, 3.05) is 12.4 Å². The van der Waals surface area contributed by atoms with Gasteiger partial charge in [-0.25, -0.2) is 0 Å². The second-order valence-electron chi connectivity index (χ2n) is 5.30. The first kappa shape index (κ1) is 12.4. The first-order valence-corrected chi connectivity index (χ1v) is 7.72. The summed E-state index contributed by atoms with van der Waals surface area (Å²) in [6, 6.07) is 0.667. The van der Waals surface area contributed by atoms with Gasteiger partial charge in [-0.05, 0) is 32.1 Å². The summed E-state index contributed by atoms with van der Waals surface area (Å²) in [5, 5.41) is 18.6. The lowest BCUT2D eigenvalue weighted by atomic mass is 10.3. The van der Waals surface area contributed by atoms with Crippen LogP contribution in [0.25, 0.3) is 0 Å². The number of thioether (sulfide) groups is 1. The van der Waals surface area contributed by atoms with Gasteiger partial charge in [-0.2, -0.15) is 0 Å². The Kier molecular flexibility index (Phi) is 3.59. The summed E-state index contributed by atoms with van der Waals surface area (Å²) in [5.41, 5.74) is 5.91. The monoisotopic (exact) mass is 268 g/mol. The van der Waals surface area contributed by atoms with Crippen molar-refractivity contribution in [1.29, 1.82) is 0 Å². The van der Waals surface area contributed by atoms with Gasteiger partial charge in [-0.1, -0.05) is 11.8 Å². The average Bonchev–Trinajstić information content (AvgIpc) is 3.25. The van der Waals surface area contributed by atoms with Crippen LogP contribution in [0, 0.1) is 0 Å². The van der Waals surface area contributed by atoms with Crippen molar-refractivity contribution < 1.29 is 5.11 Å². The smallest absolute Gasteiger partial charge is 0.191 e. The molecule has 2 aliphatic rings. The van der Waals surface area contributed by atoms with Gasteiger partial charge in [0, 0.05) is 30.4 Å². The maximum Gasteiger partial charge on any atom is 0.191 e. The number of hydrogen-bond donors (Lipinski definition) is 2. The number of aliphatic hydroxyl groups is 1. The molecule has 5 nitrogen and oxygen atoms in total. The van der Waals surface area contributed by atoms with Crippen LogP contribution in [-0.2, 0) is 0 Å². The predicted octanol–water partition coefficient (Wildman–Crippen LogP) is 1.29. The van der Waals surface area contributed by atoms with Crippen LogP contribution in [-0.4, -0.2) is 38.3 Å². The van der Waals surface area contributed by atoms with Gasteiger partial charge in [0.25, 0.3) is 0 Å². The quantitative estimate of drug-likeness (QED) is 0.729. The molecule has 2 fully saturated rings. The summed E-state index contributed by atoms with van der Waals surface area (Å²) in [6.45, 7) is 0.157. The molecule has 6 heteroatoms. The second-order valence-corrected chi connectivity index (χ2v) is 6.29. The lowest BCUT2D eigenvalue weighted by Gasteiger charge is -2.11. The summed E-state index contributed by atoms with van der Waals surface area (Å²) in [7, 11) is 0. The van der Waals surface area contributed by atoms with Crippen molar-refractivity contribution >= 4 is 11.8 Å². The highest BCUT2D eigenvalue weighted by molar-refractivity contribution is 7.99. The van der Waals surface area contributed by atoms with Gasteiger partial charge in [-0.3, -0.25) is 0 Å². The van der Waals surface area contributed by atoms with Gasteiger partial charge in [0.1, 0.15) is 5.82 Å². The Morgan fingerprint density at radius 3 is 2.72 bits per heavy atom. The molecule has 0 radical (unpaired) electrons. The normalized spacial score (nSPS) is 21.2. The number of hydrogen-bond acceptors (Lipinski definition) is 5. The van der Waals surface area contributed by atoms with Crippen molar-refractivity contribution in [3.8, 4) is 0 Å². The third-order valence-corrected chi connectivity index (χ3v) is 4.60. The summed E-state index contributed by atoms with van der Waals surface area (Å²) in [5.74, 6) is 2.64. The van der Waals surface area contributed by atoms with Crippen molar-refractivity contribution in [2.45, 2.75) is 55.3 Å². The van der Waals surface area contributed by atoms with Crippen molar-refractivity contribution in [3.63, 3.8) is 0 Å². The Bertz CT molecular complexity index is 414. The van der Waals surface area contributed by atoms with Gasteiger partial charge in [-0.15, -0.1) is 10.2 Å². The molecule has 0 saturated heterocycles. The molecule has 3 rings (SSSR count). The van der Waals surface area contributed by atoms with Crippen molar-refractivity contribution in [3.05, 3.63) is 5.82 Å². The van der Waals surface area contributed by atoms with Gasteiger partial charge in [0.2, 0.25) is 0 Å². The Labute approximate surface area is 111 Å². The van der Waals surface area contributed by atoms with Crippen LogP contribution in [0.5, 0.6) is 0 Å². The molecule has 2 saturated carbocycles. The predicted molar refractivity (Wildman–Crippen MR) is 70.7 cm³/mol. The Morgan fingerprint density at radius 2 is 2.11 bits per heavy atom. The zero-order valence-corrected chi connectivity index (χ0v) is 11.3. The van der Waals surface area contributed by atoms with Crippen LogP contribution in [0.3, 0.4) is 0 Å². The fourth-order valence-electron chi connectivity index (χ4n) is 2.11. The summed E-state index contributed by atoms with van der Waals surface area (Å²) in [4.78, 5) is 0. The van der Waals surface area contributed by atoms with E-state index in [4.69, 9.17) is 10.8 Å². The molecule has 3 N–H and O–H groups in total. The number of nitrogens with two attached hydrogens (primary N) is 1. The lowest BCUT2D eigenvalue weighted by Crippen LogP contribution is -2.24. The minimum absolute atomic E-state index is 0.0359. The zero-order valence-electron chi connectivity index (χ0n) is 10.5. The molecule has 18 heavy (non-hydrogen) atoms. The lowest BCUT2D eigenvalue weighted by molar-refractivity contribution is 0.279. The maximum atomic E-state index is 8.85. The van der Waals surface area contributed by atoms with E-state index in [-0.39, 0.29) is 12.6 Å². The van der Waals surface area contributed by atoms with Crippen molar-refractivity contribution in [1.82, 2.24) is 14.8 Å². The van der Waals surface area contributed by atoms with Crippen LogP contribution in [0.1, 0.15) is 49.9 Å². The molecule has 0 aliphatic heterocycles. The zero-order chi connectivity index (χ0) is 12.5. The summed E-state index contributed by atoms with van der Waals surface area (Å²) >= 11 is 1.68. The fraction of sp³-hybridized carbons (Fsp3) is 0.833. The van der Waals surface area contributed by atoms with E-state index in [0.717, 1.165) is 10.9 Å². The topological polar surface area (TPSA) is 77.0 Å². The standard InChI is InChI=1S/C12H20N4OS/c13-9(5-6-17)7-18-12-15-14-11(8-1-2-8)16(12)10-3-4-10/h8-10,17H,1-7,13H2. The number of nitrogens with zero attached hydrogens (tertiary/aromatic N) is 3. The molecule has 100 valence electrons. The molecule has 0 spiro atoms. The first-order chi connectivity index (χ1) is 8.79. The van der Waals surface area contributed by atoms with Gasteiger partial charge >= 0.3 is 0 Å². The molecule has 1 aromatic rings. The average molecular weight is 268 g/mol. The first-order valence-electron chi connectivity index (χ1n) is 6.73. The van der Waals surface area contributed by atoms with Crippen LogP contribution in [0.4, 0.5) is 0 Å². The SMILES string of the molecule is NC(CCO)CSc1nnc(C2CC2)n1C1CC1. The number of aromatic nitrogens is 3. The van der Waals surface area contributed by atoms with Crippen molar-refractivity contribution in [2.24, 2.45) is 5.73 Å². The molecule has 0 bridgehead atoms. The fourth-order valence-corrected chi connectivity index (χ4v) is 3.12. The van der Waals surface area contributed by atoms with E-state index in [1.807, 2.05) is 0 Å². The van der Waals surface area contributed by atoms with E-state index < -0.39 is 0 Å². The van der Waals surface area contributed by atoms with Crippen LogP contribution >= 0.6 is 11.8 Å². The summed E-state index contributed by atoms with van der Waals surface area (Å²) < 4.78 is 2.34. The highest BCUT2D eigenvalue weighted by atomic mass is 32.2. The van der Waals surface area contributed by atoms with Crippen LogP contribution in [0.15, 0.2) is 5.16 Å². The van der Waals surface area contributed by atoms with Crippen LogP contribution in [0.2, 0.25) is 0 Å². The minimum atomic E-state index is 0.0359. The highest BCUT2D eigenvalue weighted by Crippen LogP contribution is 2.45. The van der Waals surface area contributed by atoms with Gasteiger partial charge < -0.3 is 15.4 Å². The molecule has 1 unspecified atom stereocenters. The summed E-state index contributed by atoms with van der Waals surface area (Å²) in [6.07, 6.45) is 5.70. The second kappa shape index (κ2) is 5.19. The van der Waals surface area contributed by atoms with E-state index in [9.17, 15) is 0 Å². The molecule has 2 aliphatic carbocycles. The molecule has 1 atom stereocenters. The third-order valence-electron chi connectivity index (χ3n) is 3.47. The van der Waals surface area contributed by atoms with E-state index in [0.29, 0.717) is 18.4 Å². The molecule has 1 aromatic heterocycles.